The zero-order valence-corrected chi connectivity index (χ0v) is 21.3. The highest BCUT2D eigenvalue weighted by atomic mass is 16.4. The van der Waals surface area contributed by atoms with Gasteiger partial charge >= 0.3 is 11.9 Å². The lowest BCUT2D eigenvalue weighted by atomic mass is 10.0. The molecule has 0 spiro atoms. The normalized spacial score (nSPS) is 14.0. The number of carbonyl (C=O) groups is 5. The van der Waals surface area contributed by atoms with Crippen LogP contribution in [0.3, 0.4) is 0 Å². The highest BCUT2D eigenvalue weighted by Gasteiger charge is 2.31. The Kier molecular flexibility index (Phi) is 13.2. The molecule has 0 bridgehead atoms. The van der Waals surface area contributed by atoms with Gasteiger partial charge in [0.15, 0.2) is 5.96 Å². The molecule has 0 fully saturated rings. The van der Waals surface area contributed by atoms with E-state index in [1.165, 1.54) is 12.5 Å². The zero-order valence-electron chi connectivity index (χ0n) is 21.3. The van der Waals surface area contributed by atoms with Gasteiger partial charge in [0.25, 0.3) is 0 Å². The summed E-state index contributed by atoms with van der Waals surface area (Å²) < 4.78 is 0. The number of nitrogens with zero attached hydrogens (tertiary/aromatic N) is 2. The summed E-state index contributed by atoms with van der Waals surface area (Å²) in [5.74, 6) is -5.49. The number of aromatic amines is 1. The first kappa shape index (κ1) is 31.8. The molecule has 0 radical (unpaired) electrons. The molecule has 4 unspecified atom stereocenters. The predicted molar refractivity (Wildman–Crippen MR) is 135 cm³/mol. The van der Waals surface area contributed by atoms with Gasteiger partial charge in [-0.1, -0.05) is 13.8 Å². The minimum absolute atomic E-state index is 0.0254. The molecule has 1 rings (SSSR count). The molecule has 12 N–H and O–H groups in total. The summed E-state index contributed by atoms with van der Waals surface area (Å²) in [6.07, 6.45) is 2.56. The van der Waals surface area contributed by atoms with Crippen molar-refractivity contribution in [2.75, 3.05) is 6.54 Å². The molecule has 0 saturated carbocycles. The number of aliphatic imine (C=N–C) groups is 1. The number of carboxylic acid groups (broad SMARTS) is 2. The van der Waals surface area contributed by atoms with Crippen molar-refractivity contribution in [2.45, 2.75) is 70.1 Å². The maximum Gasteiger partial charge on any atom is 0.326 e. The van der Waals surface area contributed by atoms with Gasteiger partial charge in [-0.25, -0.2) is 9.78 Å². The van der Waals surface area contributed by atoms with Gasteiger partial charge < -0.3 is 48.3 Å². The van der Waals surface area contributed by atoms with Gasteiger partial charge in [-0.3, -0.25) is 24.2 Å². The molecule has 0 aliphatic heterocycles. The number of amides is 3. The van der Waals surface area contributed by atoms with E-state index in [2.05, 4.69) is 30.9 Å². The molecule has 0 saturated heterocycles. The number of H-pyrrole nitrogens is 1. The number of aromatic nitrogens is 2. The Morgan fingerprint density at radius 3 is 2.13 bits per heavy atom. The van der Waals surface area contributed by atoms with E-state index in [0.717, 1.165) is 0 Å². The molecular weight excluding hydrogens is 502 g/mol. The largest absolute Gasteiger partial charge is 0.481 e. The van der Waals surface area contributed by atoms with Crippen LogP contribution in [-0.4, -0.2) is 86.5 Å². The standard InChI is InChI=1S/C22H37N9O7/c1-11(2)6-16(21(37)38)31-20(36)15(8-17(32)33)30-19(35)14(4-3-5-27-22(24)25)29-18(34)13(23)7-12-9-26-10-28-12/h9-11,13-16H,3-8,23H2,1-2H3,(H,26,28)(H,29,34)(H,30,35)(H,31,36)(H,32,33)(H,37,38)(H4,24,25,27). The first-order valence-corrected chi connectivity index (χ1v) is 11.9. The number of rotatable bonds is 17. The quantitative estimate of drug-likeness (QED) is 0.0561. The van der Waals surface area contributed by atoms with Crippen molar-refractivity contribution >= 4 is 35.6 Å². The van der Waals surface area contributed by atoms with Crippen molar-refractivity contribution in [3.8, 4) is 0 Å². The number of hydrogen-bond acceptors (Lipinski definition) is 8. The molecule has 16 heteroatoms. The average Bonchev–Trinajstić information content (AvgIpc) is 3.32. The van der Waals surface area contributed by atoms with E-state index in [0.29, 0.717) is 5.69 Å². The Bertz CT molecular complexity index is 978. The van der Waals surface area contributed by atoms with E-state index in [9.17, 15) is 34.2 Å². The van der Waals surface area contributed by atoms with E-state index in [-0.39, 0.29) is 44.1 Å². The second-order valence-corrected chi connectivity index (χ2v) is 9.09. The number of guanidine groups is 1. The van der Waals surface area contributed by atoms with Gasteiger partial charge in [0.2, 0.25) is 17.7 Å². The van der Waals surface area contributed by atoms with Gasteiger partial charge in [0.05, 0.1) is 18.8 Å². The van der Waals surface area contributed by atoms with Crippen LogP contribution < -0.4 is 33.2 Å². The van der Waals surface area contributed by atoms with Crippen LogP contribution in [0.4, 0.5) is 0 Å². The van der Waals surface area contributed by atoms with Crippen molar-refractivity contribution in [1.82, 2.24) is 25.9 Å². The van der Waals surface area contributed by atoms with Crippen molar-refractivity contribution in [1.29, 1.82) is 0 Å². The van der Waals surface area contributed by atoms with Gasteiger partial charge in [-0.2, -0.15) is 0 Å². The molecule has 16 nitrogen and oxygen atoms in total. The van der Waals surface area contributed by atoms with Crippen LogP contribution in [-0.2, 0) is 30.4 Å². The first-order valence-electron chi connectivity index (χ1n) is 11.9. The Labute approximate surface area is 219 Å². The van der Waals surface area contributed by atoms with Gasteiger partial charge in [0, 0.05) is 24.9 Å². The highest BCUT2D eigenvalue weighted by molar-refractivity contribution is 5.95. The number of imidazole rings is 1. The predicted octanol–water partition coefficient (Wildman–Crippen LogP) is -2.61. The molecule has 4 atom stereocenters. The average molecular weight is 540 g/mol. The number of carbonyl (C=O) groups excluding carboxylic acids is 3. The van der Waals surface area contributed by atoms with Gasteiger partial charge in [0.1, 0.15) is 18.1 Å². The maximum atomic E-state index is 13.1. The van der Waals surface area contributed by atoms with Crippen LogP contribution in [0.5, 0.6) is 0 Å². The van der Waals surface area contributed by atoms with Crippen molar-refractivity contribution in [3.63, 3.8) is 0 Å². The molecule has 1 aromatic rings. The lowest BCUT2D eigenvalue weighted by Gasteiger charge is -2.25. The molecule has 3 amide bonds. The maximum absolute atomic E-state index is 13.1. The summed E-state index contributed by atoms with van der Waals surface area (Å²) in [7, 11) is 0. The van der Waals surface area contributed by atoms with Crippen LogP contribution in [0.2, 0.25) is 0 Å². The Morgan fingerprint density at radius 2 is 1.61 bits per heavy atom. The van der Waals surface area contributed by atoms with E-state index in [1.807, 2.05) is 0 Å². The molecule has 1 aromatic heterocycles. The summed E-state index contributed by atoms with van der Waals surface area (Å²) in [5.41, 5.74) is 17.1. The van der Waals surface area contributed by atoms with Crippen LogP contribution in [0.15, 0.2) is 17.5 Å². The highest BCUT2D eigenvalue weighted by Crippen LogP contribution is 2.07. The fourth-order valence-electron chi connectivity index (χ4n) is 3.40. The van der Waals surface area contributed by atoms with Crippen molar-refractivity contribution in [3.05, 3.63) is 18.2 Å². The van der Waals surface area contributed by atoms with E-state index < -0.39 is 60.2 Å². The summed E-state index contributed by atoms with van der Waals surface area (Å²) in [6.45, 7) is 3.65. The third kappa shape index (κ3) is 12.2. The molecule has 212 valence electrons. The SMILES string of the molecule is CC(C)CC(NC(=O)C(CC(=O)O)NC(=O)C(CCCN=C(N)N)NC(=O)C(N)Cc1cnc[nH]1)C(=O)O. The number of carboxylic acids is 2. The molecular formula is C22H37N9O7. The molecule has 0 aliphatic rings. The Hall–Kier alpha value is -4.21. The second-order valence-electron chi connectivity index (χ2n) is 9.09. The Balaban J connectivity index is 3.02. The van der Waals surface area contributed by atoms with E-state index in [1.54, 1.807) is 13.8 Å². The molecule has 0 aliphatic carbocycles. The van der Waals surface area contributed by atoms with Crippen LogP contribution in [0.25, 0.3) is 0 Å². The van der Waals surface area contributed by atoms with Gasteiger partial charge in [-0.05, 0) is 25.2 Å². The number of aliphatic carboxylic acids is 2. The van der Waals surface area contributed by atoms with Crippen LogP contribution in [0, 0.1) is 5.92 Å². The van der Waals surface area contributed by atoms with E-state index in [4.69, 9.17) is 17.2 Å². The third-order valence-corrected chi connectivity index (χ3v) is 5.24. The minimum Gasteiger partial charge on any atom is -0.481 e. The minimum atomic E-state index is -1.61. The summed E-state index contributed by atoms with van der Waals surface area (Å²) in [4.78, 5) is 71.9. The van der Waals surface area contributed by atoms with Crippen molar-refractivity contribution in [2.24, 2.45) is 28.1 Å². The molecule has 38 heavy (non-hydrogen) atoms. The smallest absolute Gasteiger partial charge is 0.326 e. The van der Waals surface area contributed by atoms with Gasteiger partial charge in [-0.15, -0.1) is 0 Å². The molecule has 0 aromatic carbocycles. The summed E-state index contributed by atoms with van der Waals surface area (Å²) in [5, 5.41) is 25.7. The van der Waals surface area contributed by atoms with Crippen molar-refractivity contribution < 1.29 is 34.2 Å². The summed E-state index contributed by atoms with van der Waals surface area (Å²) >= 11 is 0. The topological polar surface area (TPSA) is 281 Å². The monoisotopic (exact) mass is 539 g/mol. The lowest BCUT2D eigenvalue weighted by Crippen LogP contribution is -2.57. The third-order valence-electron chi connectivity index (χ3n) is 5.24. The number of hydrogen-bond donors (Lipinski definition) is 9. The zero-order chi connectivity index (χ0) is 28.8. The van der Waals surface area contributed by atoms with Crippen LogP contribution >= 0.6 is 0 Å². The fourth-order valence-corrected chi connectivity index (χ4v) is 3.40. The number of nitrogens with one attached hydrogen (secondary N) is 4. The number of nitrogens with two attached hydrogens (primary N) is 3. The van der Waals surface area contributed by atoms with Crippen LogP contribution in [0.1, 0.15) is 45.2 Å². The summed E-state index contributed by atoms with van der Waals surface area (Å²) in [6, 6.07) is -5.16. The van der Waals surface area contributed by atoms with E-state index >= 15 is 0 Å². The first-order chi connectivity index (χ1) is 17.8. The Morgan fingerprint density at radius 1 is 1.00 bits per heavy atom. The molecule has 1 heterocycles. The fraction of sp³-hybridized carbons (Fsp3) is 0.591. The second kappa shape index (κ2) is 15.8. The lowest BCUT2D eigenvalue weighted by molar-refractivity contribution is -0.144.